The summed E-state index contributed by atoms with van der Waals surface area (Å²) in [6, 6.07) is 15.2. The van der Waals surface area contributed by atoms with Crippen molar-refractivity contribution in [1.82, 2.24) is 9.55 Å². The van der Waals surface area contributed by atoms with E-state index in [0.717, 1.165) is 34.5 Å². The maximum Gasteiger partial charge on any atom is 0.241 e. The lowest BCUT2D eigenvalue weighted by molar-refractivity contribution is -0.118. The molecule has 0 aliphatic rings. The normalized spacial score (nSPS) is 13.6. The van der Waals surface area contributed by atoms with Crippen LogP contribution >= 0.6 is 0 Å². The molecular formula is C20H24N4O. The van der Waals surface area contributed by atoms with Crippen LogP contribution in [0.25, 0.3) is 22.4 Å². The Balaban J connectivity index is 1.80. The minimum atomic E-state index is -0.496. The van der Waals surface area contributed by atoms with Gasteiger partial charge in [-0.2, -0.15) is 0 Å². The molecule has 5 heteroatoms. The van der Waals surface area contributed by atoms with Crippen LogP contribution in [-0.2, 0) is 11.8 Å². The molecule has 0 bridgehead atoms. The van der Waals surface area contributed by atoms with Gasteiger partial charge in [-0.05, 0) is 42.3 Å². The summed E-state index contributed by atoms with van der Waals surface area (Å²) < 4.78 is 2.07. The van der Waals surface area contributed by atoms with Crippen molar-refractivity contribution in [2.24, 2.45) is 18.7 Å². The van der Waals surface area contributed by atoms with Gasteiger partial charge in [-0.25, -0.2) is 4.98 Å². The number of fused-ring (bicyclic) bond motifs is 1. The first-order valence-corrected chi connectivity index (χ1v) is 8.59. The molecular weight excluding hydrogens is 312 g/mol. The third kappa shape index (κ3) is 3.42. The van der Waals surface area contributed by atoms with Gasteiger partial charge in [0.1, 0.15) is 5.82 Å². The Hall–Kier alpha value is -2.66. The first-order chi connectivity index (χ1) is 12.0. The largest absolute Gasteiger partial charge is 0.327 e. The van der Waals surface area contributed by atoms with Crippen LogP contribution in [0.3, 0.4) is 0 Å². The Bertz CT molecular complexity index is 882. The molecule has 1 amide bonds. The zero-order valence-corrected chi connectivity index (χ0v) is 14.9. The second-order valence-electron chi connectivity index (χ2n) is 6.46. The monoisotopic (exact) mass is 336 g/mol. The predicted octanol–water partition coefficient (Wildman–Crippen LogP) is 3.55. The fraction of sp³-hybridized carbons (Fsp3) is 0.300. The number of carbonyl (C=O) groups excluding carboxylic acids is 1. The van der Waals surface area contributed by atoms with E-state index in [1.807, 2.05) is 63.4 Å². The summed E-state index contributed by atoms with van der Waals surface area (Å²) in [6.45, 7) is 4.02. The van der Waals surface area contributed by atoms with Gasteiger partial charge in [0.25, 0.3) is 0 Å². The van der Waals surface area contributed by atoms with Crippen molar-refractivity contribution < 1.29 is 4.79 Å². The van der Waals surface area contributed by atoms with Crippen molar-refractivity contribution in [2.75, 3.05) is 5.32 Å². The highest BCUT2D eigenvalue weighted by atomic mass is 16.2. The Kier molecular flexibility index (Phi) is 4.86. The van der Waals surface area contributed by atoms with Crippen molar-refractivity contribution in [1.29, 1.82) is 0 Å². The third-order valence-corrected chi connectivity index (χ3v) is 4.76. The molecule has 1 aromatic heterocycles. The van der Waals surface area contributed by atoms with Crippen molar-refractivity contribution in [3.63, 3.8) is 0 Å². The van der Waals surface area contributed by atoms with Gasteiger partial charge >= 0.3 is 0 Å². The Morgan fingerprint density at radius 3 is 2.52 bits per heavy atom. The number of hydrogen-bond donors (Lipinski definition) is 2. The molecule has 0 aliphatic carbocycles. The summed E-state index contributed by atoms with van der Waals surface area (Å²) in [6.07, 6.45) is 0.875. The topological polar surface area (TPSA) is 72.9 Å². The second-order valence-corrected chi connectivity index (χ2v) is 6.46. The molecule has 0 saturated carbocycles. The molecule has 0 saturated heterocycles. The van der Waals surface area contributed by atoms with Crippen molar-refractivity contribution >= 4 is 22.6 Å². The van der Waals surface area contributed by atoms with Gasteiger partial charge in [0.2, 0.25) is 5.91 Å². The van der Waals surface area contributed by atoms with Gasteiger partial charge in [-0.15, -0.1) is 0 Å². The number of nitrogens with two attached hydrogens (primary N) is 1. The molecule has 130 valence electrons. The van der Waals surface area contributed by atoms with E-state index in [-0.39, 0.29) is 11.8 Å². The van der Waals surface area contributed by atoms with E-state index in [4.69, 9.17) is 10.7 Å². The minimum absolute atomic E-state index is 0.148. The van der Waals surface area contributed by atoms with E-state index < -0.39 is 6.04 Å². The standard InChI is InChI=1S/C20H24N4O/c1-4-13(2)18(21)20(25)22-15-11-9-14(10-12-15)19-23-16-7-5-6-8-17(16)24(19)3/h5-13,18H,4,21H2,1-3H3,(H,22,25). The highest BCUT2D eigenvalue weighted by Gasteiger charge is 2.19. The number of imidazole rings is 1. The lowest BCUT2D eigenvalue weighted by Gasteiger charge is -2.17. The van der Waals surface area contributed by atoms with Gasteiger partial charge in [-0.3, -0.25) is 4.79 Å². The van der Waals surface area contributed by atoms with Gasteiger partial charge in [0.05, 0.1) is 17.1 Å². The van der Waals surface area contributed by atoms with Crippen LogP contribution in [0.15, 0.2) is 48.5 Å². The van der Waals surface area contributed by atoms with Crippen LogP contribution in [0.2, 0.25) is 0 Å². The number of aromatic nitrogens is 2. The number of rotatable bonds is 5. The molecule has 5 nitrogen and oxygen atoms in total. The first-order valence-electron chi connectivity index (χ1n) is 8.59. The molecule has 2 aromatic carbocycles. The number of amides is 1. The number of nitrogens with one attached hydrogen (secondary N) is 1. The van der Waals surface area contributed by atoms with Crippen LogP contribution in [0, 0.1) is 5.92 Å². The average Bonchev–Trinajstić information content (AvgIpc) is 2.98. The van der Waals surface area contributed by atoms with Crippen LogP contribution in [0.5, 0.6) is 0 Å². The van der Waals surface area contributed by atoms with Crippen molar-refractivity contribution in [3.8, 4) is 11.4 Å². The van der Waals surface area contributed by atoms with E-state index in [0.29, 0.717) is 0 Å². The quantitative estimate of drug-likeness (QED) is 0.748. The van der Waals surface area contributed by atoms with Gasteiger partial charge in [0.15, 0.2) is 0 Å². The van der Waals surface area contributed by atoms with E-state index >= 15 is 0 Å². The summed E-state index contributed by atoms with van der Waals surface area (Å²) >= 11 is 0. The highest BCUT2D eigenvalue weighted by molar-refractivity contribution is 5.95. The molecule has 0 aliphatic heterocycles. The molecule has 2 unspecified atom stereocenters. The number of nitrogens with zero attached hydrogens (tertiary/aromatic N) is 2. The zero-order valence-electron chi connectivity index (χ0n) is 14.9. The number of benzene rings is 2. The fourth-order valence-electron chi connectivity index (χ4n) is 2.84. The summed E-state index contributed by atoms with van der Waals surface area (Å²) in [7, 11) is 2.01. The molecule has 25 heavy (non-hydrogen) atoms. The van der Waals surface area contributed by atoms with E-state index in [9.17, 15) is 4.79 Å². The lowest BCUT2D eigenvalue weighted by atomic mass is 9.99. The molecule has 0 radical (unpaired) electrons. The number of carbonyl (C=O) groups is 1. The van der Waals surface area contributed by atoms with Gasteiger partial charge in [0, 0.05) is 18.3 Å². The first kappa shape index (κ1) is 17.2. The molecule has 0 spiro atoms. The van der Waals surface area contributed by atoms with E-state index in [1.165, 1.54) is 0 Å². The van der Waals surface area contributed by atoms with Gasteiger partial charge < -0.3 is 15.6 Å². The zero-order chi connectivity index (χ0) is 18.0. The fourth-order valence-corrected chi connectivity index (χ4v) is 2.84. The lowest BCUT2D eigenvalue weighted by Crippen LogP contribution is -2.40. The van der Waals surface area contributed by atoms with Crippen LogP contribution in [-0.4, -0.2) is 21.5 Å². The number of para-hydroxylation sites is 2. The van der Waals surface area contributed by atoms with E-state index in [2.05, 4.69) is 16.0 Å². The van der Waals surface area contributed by atoms with Crippen LogP contribution in [0.4, 0.5) is 5.69 Å². The molecule has 3 rings (SSSR count). The Morgan fingerprint density at radius 2 is 1.88 bits per heavy atom. The average molecular weight is 336 g/mol. The second kappa shape index (κ2) is 7.07. The number of hydrogen-bond acceptors (Lipinski definition) is 3. The van der Waals surface area contributed by atoms with E-state index in [1.54, 1.807) is 0 Å². The SMILES string of the molecule is CCC(C)C(N)C(=O)Nc1ccc(-c2nc3ccccc3n2C)cc1. The predicted molar refractivity (Wildman–Crippen MR) is 102 cm³/mol. The van der Waals surface area contributed by atoms with Gasteiger partial charge in [-0.1, -0.05) is 32.4 Å². The molecule has 0 fully saturated rings. The maximum absolute atomic E-state index is 12.2. The highest BCUT2D eigenvalue weighted by Crippen LogP contribution is 2.24. The summed E-state index contributed by atoms with van der Waals surface area (Å²) in [5.41, 5.74) is 9.78. The third-order valence-electron chi connectivity index (χ3n) is 4.76. The van der Waals surface area contributed by atoms with Crippen LogP contribution in [0.1, 0.15) is 20.3 Å². The van der Waals surface area contributed by atoms with Crippen molar-refractivity contribution in [2.45, 2.75) is 26.3 Å². The molecule has 3 N–H and O–H groups in total. The molecule has 2 atom stereocenters. The Morgan fingerprint density at radius 1 is 1.20 bits per heavy atom. The molecule has 1 heterocycles. The number of aryl methyl sites for hydroxylation is 1. The van der Waals surface area contributed by atoms with Crippen LogP contribution < -0.4 is 11.1 Å². The van der Waals surface area contributed by atoms with Crippen molar-refractivity contribution in [3.05, 3.63) is 48.5 Å². The number of anilines is 1. The minimum Gasteiger partial charge on any atom is -0.327 e. The Labute approximate surface area is 147 Å². The summed E-state index contributed by atoms with van der Waals surface area (Å²) in [5, 5.41) is 2.89. The molecule has 3 aromatic rings. The summed E-state index contributed by atoms with van der Waals surface area (Å²) in [4.78, 5) is 16.9. The summed E-state index contributed by atoms with van der Waals surface area (Å²) in [5.74, 6) is 0.902. The smallest absolute Gasteiger partial charge is 0.241 e. The maximum atomic E-state index is 12.2.